The van der Waals surface area contributed by atoms with Crippen LogP contribution in [0.4, 0.5) is 0 Å². The van der Waals surface area contributed by atoms with E-state index in [0.29, 0.717) is 6.42 Å². The van der Waals surface area contributed by atoms with Gasteiger partial charge < -0.3 is 10.0 Å². The van der Waals surface area contributed by atoms with Crippen LogP contribution in [0.1, 0.15) is 44.3 Å². The van der Waals surface area contributed by atoms with Crippen LogP contribution in [-0.2, 0) is 11.8 Å². The Morgan fingerprint density at radius 2 is 2.22 bits per heavy atom. The zero-order chi connectivity index (χ0) is 13.4. The molecule has 0 bridgehead atoms. The second-order valence-electron chi connectivity index (χ2n) is 6.62. The van der Waals surface area contributed by atoms with E-state index in [0.717, 1.165) is 36.6 Å². The number of likely N-dealkylation sites (tertiary alicyclic amines) is 1. The first-order chi connectivity index (χ1) is 8.28. The van der Waals surface area contributed by atoms with Crippen molar-refractivity contribution < 1.29 is 5.11 Å². The molecule has 4 heteroatoms. The van der Waals surface area contributed by atoms with E-state index < -0.39 is 5.60 Å². The predicted molar refractivity (Wildman–Crippen MR) is 76.2 cm³/mol. The first-order valence-corrected chi connectivity index (χ1v) is 7.52. The molecule has 3 nitrogen and oxygen atoms in total. The number of nitrogens with zero attached hydrogens (tertiary/aromatic N) is 2. The van der Waals surface area contributed by atoms with Gasteiger partial charge in [0.1, 0.15) is 0 Å². The van der Waals surface area contributed by atoms with Gasteiger partial charge in [-0.05, 0) is 26.4 Å². The van der Waals surface area contributed by atoms with Crippen LogP contribution in [0.25, 0.3) is 0 Å². The van der Waals surface area contributed by atoms with Gasteiger partial charge in [0.15, 0.2) is 0 Å². The number of piperidine rings is 1. The van der Waals surface area contributed by atoms with E-state index in [9.17, 15) is 5.11 Å². The van der Waals surface area contributed by atoms with Gasteiger partial charge in [0.25, 0.3) is 0 Å². The van der Waals surface area contributed by atoms with Crippen LogP contribution >= 0.6 is 11.3 Å². The molecule has 1 N–H and O–H groups in total. The molecule has 2 heterocycles. The molecule has 18 heavy (non-hydrogen) atoms. The summed E-state index contributed by atoms with van der Waals surface area (Å²) >= 11 is 1.68. The normalized spacial score (nSPS) is 26.5. The summed E-state index contributed by atoms with van der Waals surface area (Å²) in [4.78, 5) is 6.90. The fraction of sp³-hybridized carbons (Fsp3) is 0.786. The summed E-state index contributed by atoms with van der Waals surface area (Å²) in [6.45, 7) is 8.38. The van der Waals surface area contributed by atoms with Gasteiger partial charge in [-0.2, -0.15) is 0 Å². The molecule has 1 atom stereocenters. The predicted octanol–water partition coefficient (Wildman–Crippen LogP) is 2.44. The Hall–Kier alpha value is -0.450. The van der Waals surface area contributed by atoms with Crippen molar-refractivity contribution in [1.29, 1.82) is 0 Å². The standard InChI is InChI=1S/C14H24N2OS/c1-13(2,3)11-9-18-12(15-11)8-14(17)6-5-7-16(4)10-14/h9,17H,5-8,10H2,1-4H3. The SMILES string of the molecule is CN1CCCC(O)(Cc2nc(C(C)(C)C)cs2)C1. The van der Waals surface area contributed by atoms with Crippen molar-refractivity contribution in [3.63, 3.8) is 0 Å². The van der Waals surface area contributed by atoms with E-state index in [4.69, 9.17) is 0 Å². The lowest BCUT2D eigenvalue weighted by atomic mass is 9.90. The average molecular weight is 268 g/mol. The van der Waals surface area contributed by atoms with Crippen molar-refractivity contribution >= 4 is 11.3 Å². The topological polar surface area (TPSA) is 36.4 Å². The Morgan fingerprint density at radius 3 is 2.78 bits per heavy atom. The Morgan fingerprint density at radius 1 is 1.50 bits per heavy atom. The zero-order valence-corrected chi connectivity index (χ0v) is 12.7. The van der Waals surface area contributed by atoms with E-state index in [2.05, 4.69) is 43.1 Å². The van der Waals surface area contributed by atoms with E-state index in [-0.39, 0.29) is 5.41 Å². The monoisotopic (exact) mass is 268 g/mol. The van der Waals surface area contributed by atoms with Crippen LogP contribution in [0.15, 0.2) is 5.38 Å². The van der Waals surface area contributed by atoms with E-state index in [1.165, 1.54) is 0 Å². The van der Waals surface area contributed by atoms with Crippen LogP contribution < -0.4 is 0 Å². The van der Waals surface area contributed by atoms with Crippen molar-refractivity contribution in [2.45, 2.75) is 51.0 Å². The molecule has 1 unspecified atom stereocenters. The summed E-state index contributed by atoms with van der Waals surface area (Å²) < 4.78 is 0. The molecule has 0 aromatic carbocycles. The highest BCUT2D eigenvalue weighted by Crippen LogP contribution is 2.29. The third-order valence-electron chi connectivity index (χ3n) is 3.55. The lowest BCUT2D eigenvalue weighted by Gasteiger charge is -2.36. The number of rotatable bonds is 2. The number of aromatic nitrogens is 1. The molecule has 0 spiro atoms. The maximum Gasteiger partial charge on any atom is 0.0957 e. The fourth-order valence-corrected chi connectivity index (χ4v) is 3.66. The number of hydrogen-bond acceptors (Lipinski definition) is 4. The van der Waals surface area contributed by atoms with Gasteiger partial charge in [-0.3, -0.25) is 0 Å². The molecular formula is C14H24N2OS. The molecule has 102 valence electrons. The van der Waals surface area contributed by atoms with E-state index in [1.54, 1.807) is 11.3 Å². The third-order valence-corrected chi connectivity index (χ3v) is 4.40. The smallest absolute Gasteiger partial charge is 0.0957 e. The minimum atomic E-state index is -0.583. The Labute approximate surface area is 114 Å². The van der Waals surface area contributed by atoms with E-state index in [1.807, 2.05) is 0 Å². The van der Waals surface area contributed by atoms with Crippen LogP contribution in [-0.4, -0.2) is 40.7 Å². The molecule has 2 rings (SSSR count). The molecule has 1 aliphatic rings. The molecule has 0 radical (unpaired) electrons. The number of likely N-dealkylation sites (N-methyl/N-ethyl adjacent to an activating group) is 1. The van der Waals surface area contributed by atoms with Crippen LogP contribution in [0.3, 0.4) is 0 Å². The maximum absolute atomic E-state index is 10.6. The van der Waals surface area contributed by atoms with Crippen LogP contribution in [0.5, 0.6) is 0 Å². The van der Waals surface area contributed by atoms with Crippen molar-refractivity contribution in [3.05, 3.63) is 16.1 Å². The van der Waals surface area contributed by atoms with Gasteiger partial charge in [0, 0.05) is 23.8 Å². The molecule has 1 saturated heterocycles. The number of aliphatic hydroxyl groups is 1. The van der Waals surface area contributed by atoms with Crippen LogP contribution in [0, 0.1) is 0 Å². The summed E-state index contributed by atoms with van der Waals surface area (Å²) in [6, 6.07) is 0. The molecule has 1 aromatic heterocycles. The van der Waals surface area contributed by atoms with Crippen LogP contribution in [0.2, 0.25) is 0 Å². The Kier molecular flexibility index (Phi) is 3.81. The van der Waals surface area contributed by atoms with Crippen molar-refractivity contribution in [3.8, 4) is 0 Å². The summed E-state index contributed by atoms with van der Waals surface area (Å²) in [7, 11) is 2.08. The number of β-amino-alcohol motifs (C(OH)–C–C–N with tert-alkyl or cyclic N) is 1. The van der Waals surface area contributed by atoms with Gasteiger partial charge in [-0.25, -0.2) is 4.98 Å². The number of thiazole rings is 1. The van der Waals surface area contributed by atoms with Gasteiger partial charge in [0.05, 0.1) is 16.3 Å². The molecule has 0 saturated carbocycles. The second-order valence-corrected chi connectivity index (χ2v) is 7.56. The first-order valence-electron chi connectivity index (χ1n) is 6.64. The lowest BCUT2D eigenvalue weighted by molar-refractivity contribution is -0.0224. The van der Waals surface area contributed by atoms with Gasteiger partial charge in [-0.1, -0.05) is 20.8 Å². The summed E-state index contributed by atoms with van der Waals surface area (Å²) in [6.07, 6.45) is 2.66. The molecule has 1 aromatic rings. The molecule has 0 amide bonds. The largest absolute Gasteiger partial charge is 0.388 e. The molecule has 1 aliphatic heterocycles. The molecule has 1 fully saturated rings. The zero-order valence-electron chi connectivity index (χ0n) is 11.9. The lowest BCUT2D eigenvalue weighted by Crippen LogP contribution is -2.47. The summed E-state index contributed by atoms with van der Waals surface area (Å²) in [5.74, 6) is 0. The fourth-order valence-electron chi connectivity index (χ4n) is 2.50. The minimum Gasteiger partial charge on any atom is -0.388 e. The minimum absolute atomic E-state index is 0.0979. The quantitative estimate of drug-likeness (QED) is 0.895. The Bertz CT molecular complexity index is 410. The molecular weight excluding hydrogens is 244 g/mol. The van der Waals surface area contributed by atoms with Gasteiger partial charge >= 0.3 is 0 Å². The molecule has 0 aliphatic carbocycles. The van der Waals surface area contributed by atoms with E-state index >= 15 is 0 Å². The maximum atomic E-state index is 10.6. The highest BCUT2D eigenvalue weighted by atomic mass is 32.1. The Balaban J connectivity index is 2.07. The van der Waals surface area contributed by atoms with Crippen molar-refractivity contribution in [2.24, 2.45) is 0 Å². The average Bonchev–Trinajstić information content (AvgIpc) is 2.64. The van der Waals surface area contributed by atoms with Crippen molar-refractivity contribution in [1.82, 2.24) is 9.88 Å². The third kappa shape index (κ3) is 3.31. The number of hydrogen-bond donors (Lipinski definition) is 1. The second kappa shape index (κ2) is 4.91. The van der Waals surface area contributed by atoms with Gasteiger partial charge in [0.2, 0.25) is 0 Å². The first kappa shape index (κ1) is 14.0. The highest BCUT2D eigenvalue weighted by Gasteiger charge is 2.33. The van der Waals surface area contributed by atoms with Crippen molar-refractivity contribution in [2.75, 3.05) is 20.1 Å². The summed E-state index contributed by atoms with van der Waals surface area (Å²) in [5.41, 5.74) is 0.649. The summed E-state index contributed by atoms with van der Waals surface area (Å²) in [5, 5.41) is 13.8. The highest BCUT2D eigenvalue weighted by molar-refractivity contribution is 7.09. The van der Waals surface area contributed by atoms with Gasteiger partial charge in [-0.15, -0.1) is 11.3 Å².